The van der Waals surface area contributed by atoms with Crippen LogP contribution in [0.3, 0.4) is 0 Å². The predicted molar refractivity (Wildman–Crippen MR) is 49.6 cm³/mol. The van der Waals surface area contributed by atoms with Gasteiger partial charge in [-0.2, -0.15) is 0 Å². The molecule has 0 unspecified atom stereocenters. The lowest BCUT2D eigenvalue weighted by molar-refractivity contribution is 0.978. The van der Waals surface area contributed by atoms with Gasteiger partial charge in [-0.1, -0.05) is 11.8 Å². The zero-order valence-corrected chi connectivity index (χ0v) is 7.64. The third-order valence-corrected chi connectivity index (χ3v) is 1.85. The van der Waals surface area contributed by atoms with Crippen LogP contribution < -0.4 is 5.32 Å². The first-order chi connectivity index (χ1) is 5.81. The molecule has 0 aromatic carbocycles. The van der Waals surface area contributed by atoms with E-state index in [0.29, 0.717) is 16.7 Å². The summed E-state index contributed by atoms with van der Waals surface area (Å²) in [7, 11) is 1.74. The first kappa shape index (κ1) is 8.81. The van der Waals surface area contributed by atoms with Crippen LogP contribution in [0.2, 0.25) is 0 Å². The molecule has 0 atom stereocenters. The van der Waals surface area contributed by atoms with Gasteiger partial charge in [0.05, 0.1) is 6.57 Å². The van der Waals surface area contributed by atoms with E-state index in [9.17, 15) is 0 Å². The van der Waals surface area contributed by atoms with Crippen molar-refractivity contribution in [2.45, 2.75) is 5.16 Å². The van der Waals surface area contributed by atoms with Gasteiger partial charge in [0.2, 0.25) is 5.69 Å². The summed E-state index contributed by atoms with van der Waals surface area (Å²) >= 11 is 1.45. The number of rotatable bonds is 2. The summed E-state index contributed by atoms with van der Waals surface area (Å²) < 4.78 is 0. The minimum absolute atomic E-state index is 0.454. The quantitative estimate of drug-likeness (QED) is 0.428. The first-order valence-corrected chi connectivity index (χ1v) is 4.50. The zero-order valence-electron chi connectivity index (χ0n) is 6.83. The topological polar surface area (TPSA) is 42.2 Å². The third-order valence-electron chi connectivity index (χ3n) is 1.29. The smallest absolute Gasteiger partial charge is 0.246 e. The van der Waals surface area contributed by atoms with Crippen molar-refractivity contribution in [1.82, 2.24) is 9.97 Å². The summed E-state index contributed by atoms with van der Waals surface area (Å²) in [5, 5.41) is 3.52. The van der Waals surface area contributed by atoms with Crippen molar-refractivity contribution < 1.29 is 0 Å². The van der Waals surface area contributed by atoms with Crippen LogP contribution in [0.15, 0.2) is 11.4 Å². The van der Waals surface area contributed by atoms with Crippen molar-refractivity contribution in [3.8, 4) is 0 Å². The van der Waals surface area contributed by atoms with E-state index >= 15 is 0 Å². The highest BCUT2D eigenvalue weighted by molar-refractivity contribution is 7.98. The monoisotopic (exact) mass is 180 g/mol. The first-order valence-electron chi connectivity index (χ1n) is 3.28. The fraction of sp³-hybridized carbons (Fsp3) is 0.286. The van der Waals surface area contributed by atoms with Crippen molar-refractivity contribution in [3.05, 3.63) is 17.6 Å². The molecular weight excluding hydrogens is 172 g/mol. The van der Waals surface area contributed by atoms with Gasteiger partial charge in [-0.3, -0.25) is 0 Å². The van der Waals surface area contributed by atoms with Crippen molar-refractivity contribution in [2.75, 3.05) is 18.6 Å². The predicted octanol–water partition coefficient (Wildman–Crippen LogP) is 1.79. The Morgan fingerprint density at radius 2 is 2.42 bits per heavy atom. The van der Waals surface area contributed by atoms with E-state index in [1.807, 2.05) is 6.26 Å². The Morgan fingerprint density at radius 3 is 2.92 bits per heavy atom. The van der Waals surface area contributed by atoms with Crippen LogP contribution in [0.4, 0.5) is 11.5 Å². The molecule has 1 aromatic heterocycles. The summed E-state index contributed by atoms with van der Waals surface area (Å²) in [5.74, 6) is 0.587. The lowest BCUT2D eigenvalue weighted by Gasteiger charge is -2.02. The molecule has 1 heterocycles. The van der Waals surface area contributed by atoms with Gasteiger partial charge in [-0.15, -0.1) is 0 Å². The van der Waals surface area contributed by atoms with E-state index in [1.165, 1.54) is 18.0 Å². The minimum atomic E-state index is 0.454. The number of aromatic nitrogens is 2. The van der Waals surface area contributed by atoms with Crippen LogP contribution in [-0.2, 0) is 0 Å². The Morgan fingerprint density at radius 1 is 1.67 bits per heavy atom. The van der Waals surface area contributed by atoms with E-state index in [1.54, 1.807) is 7.05 Å². The van der Waals surface area contributed by atoms with E-state index < -0.39 is 0 Å². The number of hydrogen-bond donors (Lipinski definition) is 1. The van der Waals surface area contributed by atoms with Crippen molar-refractivity contribution in [1.29, 1.82) is 0 Å². The Labute approximate surface area is 75.2 Å². The SMILES string of the molecule is [C-]#[N+]c1cnc(SC)nc1NC. The summed E-state index contributed by atoms with van der Waals surface area (Å²) in [4.78, 5) is 11.4. The second kappa shape index (κ2) is 3.93. The fourth-order valence-electron chi connectivity index (χ4n) is 0.723. The van der Waals surface area contributed by atoms with Crippen LogP contribution in [0, 0.1) is 6.57 Å². The Hall–Kier alpha value is -1.28. The normalized spacial score (nSPS) is 9.08. The standard InChI is InChI=1S/C7H8N4S/c1-8-5-4-10-7(12-3)11-6(5)9-2/h4H,2-3H3,(H,9,10,11). The van der Waals surface area contributed by atoms with E-state index in [2.05, 4.69) is 20.1 Å². The molecule has 12 heavy (non-hydrogen) atoms. The number of nitrogens with one attached hydrogen (secondary N) is 1. The molecule has 1 N–H and O–H groups in total. The van der Waals surface area contributed by atoms with Gasteiger partial charge in [-0.05, 0) is 6.26 Å². The molecule has 1 aromatic rings. The fourth-order valence-corrected chi connectivity index (χ4v) is 1.06. The molecule has 0 aliphatic rings. The molecule has 0 radical (unpaired) electrons. The number of hydrogen-bond acceptors (Lipinski definition) is 4. The van der Waals surface area contributed by atoms with Crippen LogP contribution >= 0.6 is 11.8 Å². The van der Waals surface area contributed by atoms with E-state index in [0.717, 1.165) is 0 Å². The second-order valence-electron chi connectivity index (χ2n) is 1.95. The highest BCUT2D eigenvalue weighted by Crippen LogP contribution is 2.22. The van der Waals surface area contributed by atoms with E-state index in [-0.39, 0.29) is 0 Å². The molecule has 0 amide bonds. The van der Waals surface area contributed by atoms with Crippen molar-refractivity contribution >= 4 is 23.3 Å². The molecule has 0 aliphatic heterocycles. The van der Waals surface area contributed by atoms with Gasteiger partial charge in [0.1, 0.15) is 5.82 Å². The minimum Gasteiger partial charge on any atom is -0.382 e. The number of nitrogens with zero attached hydrogens (tertiary/aromatic N) is 3. The van der Waals surface area contributed by atoms with Crippen molar-refractivity contribution in [3.63, 3.8) is 0 Å². The highest BCUT2D eigenvalue weighted by Gasteiger charge is 2.03. The maximum absolute atomic E-state index is 6.81. The summed E-state index contributed by atoms with van der Waals surface area (Å²) in [6, 6.07) is 0. The Balaban J connectivity index is 3.13. The summed E-state index contributed by atoms with van der Waals surface area (Å²) in [6.07, 6.45) is 3.42. The molecule has 0 bridgehead atoms. The zero-order chi connectivity index (χ0) is 8.97. The molecule has 5 heteroatoms. The Bertz CT molecular complexity index is 318. The lowest BCUT2D eigenvalue weighted by atomic mass is 10.5. The van der Waals surface area contributed by atoms with Gasteiger partial charge in [0.25, 0.3) is 0 Å². The molecule has 62 valence electrons. The van der Waals surface area contributed by atoms with Gasteiger partial charge in [-0.25, -0.2) is 14.8 Å². The van der Waals surface area contributed by atoms with Crippen LogP contribution in [0.5, 0.6) is 0 Å². The number of thioether (sulfide) groups is 1. The molecule has 0 spiro atoms. The molecule has 0 aliphatic carbocycles. The third kappa shape index (κ3) is 1.66. The van der Waals surface area contributed by atoms with E-state index in [4.69, 9.17) is 6.57 Å². The summed E-state index contributed by atoms with van der Waals surface area (Å²) in [5.41, 5.74) is 0.454. The molecule has 4 nitrogen and oxygen atoms in total. The van der Waals surface area contributed by atoms with Crippen LogP contribution in [-0.4, -0.2) is 23.3 Å². The van der Waals surface area contributed by atoms with Gasteiger partial charge < -0.3 is 5.32 Å². The summed E-state index contributed by atoms with van der Waals surface area (Å²) in [6.45, 7) is 6.81. The average molecular weight is 180 g/mol. The van der Waals surface area contributed by atoms with Gasteiger partial charge >= 0.3 is 0 Å². The molecule has 0 saturated heterocycles. The average Bonchev–Trinajstić information content (AvgIpc) is 2.16. The molecule has 0 fully saturated rings. The Kier molecular flexibility index (Phi) is 2.88. The molecule has 0 saturated carbocycles. The number of anilines is 1. The molecular formula is C7H8N4S. The molecule has 1 rings (SSSR count). The maximum Gasteiger partial charge on any atom is 0.246 e. The lowest BCUT2D eigenvalue weighted by Crippen LogP contribution is -1.94. The van der Waals surface area contributed by atoms with Crippen LogP contribution in [0.25, 0.3) is 4.85 Å². The maximum atomic E-state index is 6.81. The highest BCUT2D eigenvalue weighted by atomic mass is 32.2. The van der Waals surface area contributed by atoms with Gasteiger partial charge in [0.15, 0.2) is 5.16 Å². The van der Waals surface area contributed by atoms with Gasteiger partial charge in [0, 0.05) is 13.2 Å². The second-order valence-corrected chi connectivity index (χ2v) is 2.73. The van der Waals surface area contributed by atoms with Crippen LogP contribution in [0.1, 0.15) is 0 Å². The largest absolute Gasteiger partial charge is 0.382 e. The van der Waals surface area contributed by atoms with Crippen molar-refractivity contribution in [2.24, 2.45) is 0 Å².